The van der Waals surface area contributed by atoms with Gasteiger partial charge in [-0.2, -0.15) is 5.10 Å². The second-order valence-corrected chi connectivity index (χ2v) is 2.73. The van der Waals surface area contributed by atoms with Gasteiger partial charge in [0.15, 0.2) is 11.5 Å². The molecule has 0 saturated carbocycles. The van der Waals surface area contributed by atoms with Crippen molar-refractivity contribution >= 4 is 17.4 Å². The standard InChI is InChI=1S/C8H8N6O/c9-7(15)6-8(11-2-1-10-6)14-5-3-12-13-4-5/h1-4H,(H2,9,15)(H,11,14)(H,12,13). The highest BCUT2D eigenvalue weighted by molar-refractivity contribution is 5.96. The van der Waals surface area contributed by atoms with E-state index in [9.17, 15) is 4.79 Å². The summed E-state index contributed by atoms with van der Waals surface area (Å²) in [5, 5.41) is 9.23. The van der Waals surface area contributed by atoms with Crippen LogP contribution in [0.4, 0.5) is 11.5 Å². The molecule has 1 amide bonds. The van der Waals surface area contributed by atoms with E-state index in [4.69, 9.17) is 5.73 Å². The van der Waals surface area contributed by atoms with Crippen LogP contribution < -0.4 is 11.1 Å². The SMILES string of the molecule is NC(=O)c1nccnc1Nc1cn[nH]c1. The lowest BCUT2D eigenvalue weighted by Gasteiger charge is -2.04. The van der Waals surface area contributed by atoms with Crippen molar-refractivity contribution in [1.29, 1.82) is 0 Å². The second-order valence-electron chi connectivity index (χ2n) is 2.73. The Hall–Kier alpha value is -2.44. The fraction of sp³-hybridized carbons (Fsp3) is 0. The lowest BCUT2D eigenvalue weighted by molar-refractivity contribution is 0.0996. The van der Waals surface area contributed by atoms with Gasteiger partial charge in [-0.05, 0) is 0 Å². The molecule has 0 atom stereocenters. The van der Waals surface area contributed by atoms with E-state index in [0.717, 1.165) is 0 Å². The summed E-state index contributed by atoms with van der Waals surface area (Å²) in [4.78, 5) is 18.8. The molecule has 0 radical (unpaired) electrons. The molecule has 4 N–H and O–H groups in total. The maximum Gasteiger partial charge on any atom is 0.271 e. The fourth-order valence-electron chi connectivity index (χ4n) is 1.07. The molecule has 7 heteroatoms. The van der Waals surface area contributed by atoms with E-state index in [1.54, 1.807) is 12.4 Å². The van der Waals surface area contributed by atoms with Crippen molar-refractivity contribution in [2.45, 2.75) is 0 Å². The number of carbonyl (C=O) groups is 1. The van der Waals surface area contributed by atoms with E-state index < -0.39 is 5.91 Å². The van der Waals surface area contributed by atoms with Crippen LogP contribution in [0.15, 0.2) is 24.8 Å². The fourth-order valence-corrected chi connectivity index (χ4v) is 1.07. The smallest absolute Gasteiger partial charge is 0.271 e. The normalized spacial score (nSPS) is 9.87. The largest absolute Gasteiger partial charge is 0.364 e. The average molecular weight is 204 g/mol. The summed E-state index contributed by atoms with van der Waals surface area (Å²) in [6.07, 6.45) is 6.05. The zero-order chi connectivity index (χ0) is 10.7. The Labute approximate surface area is 84.7 Å². The van der Waals surface area contributed by atoms with Gasteiger partial charge in [0.05, 0.1) is 11.9 Å². The van der Waals surface area contributed by atoms with Gasteiger partial charge in [0, 0.05) is 18.6 Å². The van der Waals surface area contributed by atoms with Crippen molar-refractivity contribution in [2.75, 3.05) is 5.32 Å². The first kappa shape index (κ1) is 9.13. The molecule has 0 aliphatic carbocycles. The topological polar surface area (TPSA) is 110 Å². The molecular weight excluding hydrogens is 196 g/mol. The Bertz CT molecular complexity index is 466. The molecule has 7 nitrogen and oxygen atoms in total. The highest BCUT2D eigenvalue weighted by Crippen LogP contribution is 2.14. The van der Waals surface area contributed by atoms with Crippen molar-refractivity contribution in [3.05, 3.63) is 30.5 Å². The summed E-state index contributed by atoms with van der Waals surface area (Å²) in [5.74, 6) is -0.319. The lowest BCUT2D eigenvalue weighted by atomic mass is 10.4. The number of carbonyl (C=O) groups excluding carboxylic acids is 1. The Balaban J connectivity index is 2.32. The molecule has 0 unspecified atom stereocenters. The van der Waals surface area contributed by atoms with Crippen LogP contribution in [0.25, 0.3) is 0 Å². The van der Waals surface area contributed by atoms with Crippen molar-refractivity contribution in [1.82, 2.24) is 20.2 Å². The number of nitrogens with zero attached hydrogens (tertiary/aromatic N) is 3. The average Bonchev–Trinajstić information content (AvgIpc) is 2.71. The number of rotatable bonds is 3. The van der Waals surface area contributed by atoms with Crippen LogP contribution in [0.2, 0.25) is 0 Å². The first-order chi connectivity index (χ1) is 7.27. The van der Waals surface area contributed by atoms with E-state index in [1.165, 1.54) is 12.4 Å². The van der Waals surface area contributed by atoms with E-state index in [2.05, 4.69) is 25.5 Å². The Kier molecular flexibility index (Phi) is 2.28. The number of hydrogen-bond acceptors (Lipinski definition) is 5. The molecule has 15 heavy (non-hydrogen) atoms. The second kappa shape index (κ2) is 3.74. The number of amides is 1. The van der Waals surface area contributed by atoms with Gasteiger partial charge in [-0.1, -0.05) is 0 Å². The van der Waals surface area contributed by atoms with Gasteiger partial charge in [-0.15, -0.1) is 0 Å². The summed E-state index contributed by atoms with van der Waals surface area (Å²) in [5.41, 5.74) is 5.91. The van der Waals surface area contributed by atoms with Gasteiger partial charge >= 0.3 is 0 Å². The third kappa shape index (κ3) is 1.90. The van der Waals surface area contributed by atoms with Gasteiger partial charge in [-0.25, -0.2) is 9.97 Å². The number of aromatic nitrogens is 4. The Morgan fingerprint density at radius 1 is 1.40 bits per heavy atom. The van der Waals surface area contributed by atoms with Crippen LogP contribution in [0, 0.1) is 0 Å². The molecule has 0 aliphatic heterocycles. The van der Waals surface area contributed by atoms with Crippen LogP contribution in [0.3, 0.4) is 0 Å². The minimum atomic E-state index is -0.630. The van der Waals surface area contributed by atoms with Gasteiger partial charge < -0.3 is 11.1 Å². The highest BCUT2D eigenvalue weighted by atomic mass is 16.1. The lowest BCUT2D eigenvalue weighted by Crippen LogP contribution is -2.16. The van der Waals surface area contributed by atoms with Crippen LogP contribution in [0.5, 0.6) is 0 Å². The van der Waals surface area contributed by atoms with Crippen molar-refractivity contribution < 1.29 is 4.79 Å². The summed E-state index contributed by atoms with van der Waals surface area (Å²) < 4.78 is 0. The number of H-pyrrole nitrogens is 1. The molecule has 0 spiro atoms. The molecule has 76 valence electrons. The first-order valence-electron chi connectivity index (χ1n) is 4.14. The molecule has 2 aromatic rings. The molecule has 0 fully saturated rings. The van der Waals surface area contributed by atoms with E-state index in [0.29, 0.717) is 11.5 Å². The van der Waals surface area contributed by atoms with Crippen LogP contribution in [-0.2, 0) is 0 Å². The van der Waals surface area contributed by atoms with E-state index >= 15 is 0 Å². The minimum absolute atomic E-state index is 0.0960. The number of primary amides is 1. The van der Waals surface area contributed by atoms with Crippen LogP contribution in [0.1, 0.15) is 10.5 Å². The van der Waals surface area contributed by atoms with Crippen molar-refractivity contribution in [3.8, 4) is 0 Å². The number of nitrogens with two attached hydrogens (primary N) is 1. The number of aromatic amines is 1. The molecule has 2 heterocycles. The predicted molar refractivity (Wildman–Crippen MR) is 52.4 cm³/mol. The van der Waals surface area contributed by atoms with Crippen LogP contribution >= 0.6 is 0 Å². The summed E-state index contributed by atoms with van der Waals surface area (Å²) >= 11 is 0. The zero-order valence-corrected chi connectivity index (χ0v) is 7.64. The number of hydrogen-bond donors (Lipinski definition) is 3. The monoisotopic (exact) mass is 204 g/mol. The van der Waals surface area contributed by atoms with Gasteiger partial charge in [0.1, 0.15) is 0 Å². The zero-order valence-electron chi connectivity index (χ0n) is 7.64. The molecule has 0 saturated heterocycles. The minimum Gasteiger partial charge on any atom is -0.364 e. The maximum absolute atomic E-state index is 11.0. The Morgan fingerprint density at radius 3 is 2.87 bits per heavy atom. The number of anilines is 2. The summed E-state index contributed by atoms with van der Waals surface area (Å²) in [6.45, 7) is 0. The molecule has 2 rings (SSSR count). The first-order valence-corrected chi connectivity index (χ1v) is 4.14. The third-order valence-corrected chi connectivity index (χ3v) is 1.69. The molecule has 2 aromatic heterocycles. The highest BCUT2D eigenvalue weighted by Gasteiger charge is 2.10. The predicted octanol–water partition coefficient (Wildman–Crippen LogP) is 0.0422. The van der Waals surface area contributed by atoms with Gasteiger partial charge in [-0.3, -0.25) is 9.89 Å². The van der Waals surface area contributed by atoms with Crippen molar-refractivity contribution in [2.24, 2.45) is 5.73 Å². The summed E-state index contributed by atoms with van der Waals surface area (Å²) in [7, 11) is 0. The summed E-state index contributed by atoms with van der Waals surface area (Å²) in [6, 6.07) is 0. The van der Waals surface area contributed by atoms with Gasteiger partial charge in [0.2, 0.25) is 0 Å². The number of nitrogens with one attached hydrogen (secondary N) is 2. The molecular formula is C8H8N6O. The van der Waals surface area contributed by atoms with Crippen LogP contribution in [-0.4, -0.2) is 26.1 Å². The quantitative estimate of drug-likeness (QED) is 0.654. The maximum atomic E-state index is 11.0. The molecule has 0 aromatic carbocycles. The van der Waals surface area contributed by atoms with E-state index in [1.807, 2.05) is 0 Å². The third-order valence-electron chi connectivity index (χ3n) is 1.69. The molecule has 0 aliphatic rings. The van der Waals surface area contributed by atoms with Crippen molar-refractivity contribution in [3.63, 3.8) is 0 Å². The van der Waals surface area contributed by atoms with E-state index in [-0.39, 0.29) is 5.69 Å². The Morgan fingerprint density at radius 2 is 2.20 bits per heavy atom. The van der Waals surface area contributed by atoms with Gasteiger partial charge in [0.25, 0.3) is 5.91 Å². The molecule has 0 bridgehead atoms.